The first kappa shape index (κ1) is 18.2. The first-order valence-corrected chi connectivity index (χ1v) is 10.0. The Kier molecular flexibility index (Phi) is 4.81. The standard InChI is InChI=1S/C21H28N4O2/c1-24(2)14-17-12-21(20(26)27-17)7-9-25(10-8-21)19-16(13-22)11-15-5-3-4-6-18(15)23-19/h11,17H,3-10,12,14H2,1-2H3. The molecule has 1 aliphatic carbocycles. The fourth-order valence-corrected chi connectivity index (χ4v) is 4.85. The summed E-state index contributed by atoms with van der Waals surface area (Å²) in [5.74, 6) is 0.775. The summed E-state index contributed by atoms with van der Waals surface area (Å²) < 4.78 is 5.66. The number of anilines is 1. The number of nitriles is 1. The first-order chi connectivity index (χ1) is 13.0. The largest absolute Gasteiger partial charge is 0.461 e. The van der Waals surface area contributed by atoms with E-state index in [-0.39, 0.29) is 17.5 Å². The molecule has 0 bridgehead atoms. The molecule has 1 spiro atoms. The molecule has 0 saturated carbocycles. The average molecular weight is 368 g/mol. The van der Waals surface area contributed by atoms with Crippen molar-refractivity contribution in [2.45, 2.75) is 51.0 Å². The minimum atomic E-state index is -0.349. The Balaban J connectivity index is 1.50. The van der Waals surface area contributed by atoms with Crippen LogP contribution in [0.4, 0.5) is 5.82 Å². The molecule has 6 heteroatoms. The Labute approximate surface area is 161 Å². The van der Waals surface area contributed by atoms with Gasteiger partial charge in [-0.15, -0.1) is 0 Å². The maximum absolute atomic E-state index is 12.6. The summed E-state index contributed by atoms with van der Waals surface area (Å²) in [7, 11) is 4.01. The van der Waals surface area contributed by atoms with Crippen LogP contribution < -0.4 is 4.90 Å². The van der Waals surface area contributed by atoms with Gasteiger partial charge in [0.25, 0.3) is 0 Å². The zero-order valence-electron chi connectivity index (χ0n) is 16.3. The summed E-state index contributed by atoms with van der Waals surface area (Å²) >= 11 is 0. The molecule has 3 aliphatic rings. The molecule has 6 nitrogen and oxygen atoms in total. The van der Waals surface area contributed by atoms with Crippen molar-refractivity contribution in [2.24, 2.45) is 5.41 Å². The third-order valence-electron chi connectivity index (χ3n) is 6.32. The predicted molar refractivity (Wildman–Crippen MR) is 103 cm³/mol. The van der Waals surface area contributed by atoms with Gasteiger partial charge in [-0.25, -0.2) is 4.98 Å². The van der Waals surface area contributed by atoms with Gasteiger partial charge < -0.3 is 14.5 Å². The Morgan fingerprint density at radius 1 is 1.33 bits per heavy atom. The molecule has 1 unspecified atom stereocenters. The molecule has 2 aliphatic heterocycles. The summed E-state index contributed by atoms with van der Waals surface area (Å²) in [5.41, 5.74) is 2.71. The minimum Gasteiger partial charge on any atom is -0.461 e. The Bertz CT molecular complexity index is 775. The van der Waals surface area contributed by atoms with Crippen LogP contribution in [0.2, 0.25) is 0 Å². The molecular weight excluding hydrogens is 340 g/mol. The lowest BCUT2D eigenvalue weighted by molar-refractivity contribution is -0.150. The molecule has 0 aromatic carbocycles. The number of carbonyl (C=O) groups excluding carboxylic acids is 1. The van der Waals surface area contributed by atoms with Crippen LogP contribution in [0.5, 0.6) is 0 Å². The lowest BCUT2D eigenvalue weighted by atomic mass is 9.76. The van der Waals surface area contributed by atoms with E-state index in [0.717, 1.165) is 63.3 Å². The molecule has 1 aromatic rings. The monoisotopic (exact) mass is 368 g/mol. The molecule has 4 rings (SSSR count). The summed E-state index contributed by atoms with van der Waals surface area (Å²) in [6.07, 6.45) is 6.74. The van der Waals surface area contributed by atoms with Crippen LogP contribution in [0, 0.1) is 16.7 Å². The molecule has 0 amide bonds. The van der Waals surface area contributed by atoms with Crippen LogP contribution in [0.1, 0.15) is 48.9 Å². The van der Waals surface area contributed by atoms with Crippen molar-refractivity contribution in [1.29, 1.82) is 5.26 Å². The van der Waals surface area contributed by atoms with Gasteiger partial charge >= 0.3 is 5.97 Å². The molecule has 3 heterocycles. The quantitative estimate of drug-likeness (QED) is 0.763. The van der Waals surface area contributed by atoms with Crippen molar-refractivity contribution in [1.82, 2.24) is 9.88 Å². The Morgan fingerprint density at radius 2 is 2.07 bits per heavy atom. The summed E-state index contributed by atoms with van der Waals surface area (Å²) in [4.78, 5) is 21.7. The number of aromatic nitrogens is 1. The predicted octanol–water partition coefficient (Wildman–Crippen LogP) is 2.30. The topological polar surface area (TPSA) is 69.5 Å². The van der Waals surface area contributed by atoms with Crippen LogP contribution in [-0.4, -0.2) is 55.7 Å². The molecule has 2 fully saturated rings. The highest BCUT2D eigenvalue weighted by Crippen LogP contribution is 2.44. The highest BCUT2D eigenvalue weighted by molar-refractivity contribution is 5.79. The maximum atomic E-state index is 12.6. The first-order valence-electron chi connectivity index (χ1n) is 10.0. The number of likely N-dealkylation sites (N-methyl/N-ethyl adjacent to an activating group) is 1. The van der Waals surface area contributed by atoms with Gasteiger partial charge in [-0.1, -0.05) is 0 Å². The molecule has 0 radical (unpaired) electrons. The molecular formula is C21H28N4O2. The second-order valence-corrected chi connectivity index (χ2v) is 8.55. The molecule has 27 heavy (non-hydrogen) atoms. The number of hydrogen-bond acceptors (Lipinski definition) is 6. The van der Waals surface area contributed by atoms with Gasteiger partial charge in [-0.05, 0) is 64.3 Å². The number of carbonyl (C=O) groups is 1. The van der Waals surface area contributed by atoms with E-state index in [1.54, 1.807) is 0 Å². The van der Waals surface area contributed by atoms with Crippen LogP contribution in [0.25, 0.3) is 0 Å². The number of nitrogens with zero attached hydrogens (tertiary/aromatic N) is 4. The Hall–Kier alpha value is -2.13. The van der Waals surface area contributed by atoms with Crippen molar-refractivity contribution in [3.05, 3.63) is 22.9 Å². The van der Waals surface area contributed by atoms with Crippen LogP contribution >= 0.6 is 0 Å². The number of aryl methyl sites for hydroxylation is 2. The lowest BCUT2D eigenvalue weighted by Crippen LogP contribution is -2.43. The van der Waals surface area contributed by atoms with E-state index in [4.69, 9.17) is 9.72 Å². The summed E-state index contributed by atoms with van der Waals surface area (Å²) in [6, 6.07) is 4.38. The summed E-state index contributed by atoms with van der Waals surface area (Å²) in [5, 5.41) is 9.62. The van der Waals surface area contributed by atoms with Gasteiger partial charge in [0.1, 0.15) is 18.0 Å². The van der Waals surface area contributed by atoms with Crippen LogP contribution in [0.3, 0.4) is 0 Å². The number of cyclic esters (lactones) is 1. The van der Waals surface area contributed by atoms with Gasteiger partial charge in [0, 0.05) is 31.7 Å². The molecule has 2 saturated heterocycles. The van der Waals surface area contributed by atoms with Gasteiger partial charge in [0.2, 0.25) is 0 Å². The van der Waals surface area contributed by atoms with Gasteiger partial charge in [-0.3, -0.25) is 4.79 Å². The second-order valence-electron chi connectivity index (χ2n) is 8.55. The Morgan fingerprint density at radius 3 is 2.78 bits per heavy atom. The number of pyridine rings is 1. The van der Waals surface area contributed by atoms with Gasteiger partial charge in [0.15, 0.2) is 0 Å². The van der Waals surface area contributed by atoms with E-state index in [1.165, 1.54) is 18.4 Å². The fourth-order valence-electron chi connectivity index (χ4n) is 4.85. The lowest BCUT2D eigenvalue weighted by Gasteiger charge is -2.37. The molecule has 1 aromatic heterocycles. The minimum absolute atomic E-state index is 0.00408. The van der Waals surface area contributed by atoms with E-state index in [0.29, 0.717) is 5.56 Å². The van der Waals surface area contributed by atoms with Gasteiger partial charge in [-0.2, -0.15) is 5.26 Å². The number of esters is 1. The smallest absolute Gasteiger partial charge is 0.312 e. The molecule has 144 valence electrons. The third-order valence-corrected chi connectivity index (χ3v) is 6.32. The van der Waals surface area contributed by atoms with E-state index < -0.39 is 0 Å². The molecule has 0 N–H and O–H groups in total. The number of ether oxygens (including phenoxy) is 1. The van der Waals surface area contributed by atoms with Crippen molar-refractivity contribution in [3.8, 4) is 6.07 Å². The SMILES string of the molecule is CN(C)CC1CC2(CCN(c3nc4c(cc3C#N)CCCC4)CC2)C(=O)O1. The highest BCUT2D eigenvalue weighted by Gasteiger charge is 2.50. The van der Waals surface area contributed by atoms with E-state index >= 15 is 0 Å². The number of piperidine rings is 1. The fraction of sp³-hybridized carbons (Fsp3) is 0.667. The van der Waals surface area contributed by atoms with Crippen molar-refractivity contribution in [3.63, 3.8) is 0 Å². The van der Waals surface area contributed by atoms with Crippen molar-refractivity contribution < 1.29 is 9.53 Å². The highest BCUT2D eigenvalue weighted by atomic mass is 16.6. The van der Waals surface area contributed by atoms with E-state index in [2.05, 4.69) is 15.9 Å². The number of rotatable bonds is 3. The van der Waals surface area contributed by atoms with E-state index in [9.17, 15) is 10.1 Å². The number of hydrogen-bond donors (Lipinski definition) is 0. The van der Waals surface area contributed by atoms with Crippen LogP contribution in [-0.2, 0) is 22.4 Å². The molecule has 1 atom stereocenters. The zero-order chi connectivity index (χ0) is 19.0. The normalized spacial score (nSPS) is 24.0. The van der Waals surface area contributed by atoms with Crippen molar-refractivity contribution >= 4 is 11.8 Å². The second kappa shape index (κ2) is 7.12. The van der Waals surface area contributed by atoms with Crippen LogP contribution in [0.15, 0.2) is 6.07 Å². The zero-order valence-corrected chi connectivity index (χ0v) is 16.3. The summed E-state index contributed by atoms with van der Waals surface area (Å²) in [6.45, 7) is 2.29. The number of fused-ring (bicyclic) bond motifs is 1. The third kappa shape index (κ3) is 3.41. The van der Waals surface area contributed by atoms with Crippen molar-refractivity contribution in [2.75, 3.05) is 38.6 Å². The maximum Gasteiger partial charge on any atom is 0.312 e. The van der Waals surface area contributed by atoms with Gasteiger partial charge in [0.05, 0.1) is 11.0 Å². The average Bonchev–Trinajstić information content (AvgIpc) is 2.95. The van der Waals surface area contributed by atoms with E-state index in [1.807, 2.05) is 20.2 Å².